The average molecular weight is 279 g/mol. The van der Waals surface area contributed by atoms with Crippen LogP contribution in [-0.4, -0.2) is 31.0 Å². The lowest BCUT2D eigenvalue weighted by molar-refractivity contribution is -0.121. The molecule has 0 radical (unpaired) electrons. The highest BCUT2D eigenvalue weighted by Crippen LogP contribution is 2.14. The number of nitrogens with zero attached hydrogens (tertiary/aromatic N) is 1. The lowest BCUT2D eigenvalue weighted by atomic mass is 10.0. The first-order valence-corrected chi connectivity index (χ1v) is 6.14. The number of rotatable bonds is 4. The van der Waals surface area contributed by atoms with Crippen LogP contribution in [0.1, 0.15) is 18.4 Å². The van der Waals surface area contributed by atoms with Crippen LogP contribution < -0.4 is 10.7 Å². The van der Waals surface area contributed by atoms with Gasteiger partial charge in [-0.1, -0.05) is 12.1 Å². The lowest BCUT2D eigenvalue weighted by Gasteiger charge is -2.12. The molecule has 1 aliphatic heterocycles. The summed E-state index contributed by atoms with van der Waals surface area (Å²) in [6, 6.07) is 6.93. The van der Waals surface area contributed by atoms with Crippen LogP contribution in [0.3, 0.4) is 0 Å². The van der Waals surface area contributed by atoms with Gasteiger partial charge in [0.2, 0.25) is 5.91 Å². The van der Waals surface area contributed by atoms with Crippen LogP contribution >= 0.6 is 0 Å². The summed E-state index contributed by atoms with van der Waals surface area (Å²) in [5.74, 6) is -0.0948. The summed E-state index contributed by atoms with van der Waals surface area (Å²) in [6.45, 7) is -0.974. The molecule has 0 atom stereocenters. The summed E-state index contributed by atoms with van der Waals surface area (Å²) in [7, 11) is 0. The van der Waals surface area contributed by atoms with Gasteiger partial charge < -0.3 is 4.74 Å². The fraction of sp³-hybridized carbons (Fsp3) is 0.308. The van der Waals surface area contributed by atoms with Crippen molar-refractivity contribution in [3.05, 3.63) is 29.8 Å². The molecule has 0 unspecified atom stereocenters. The Bertz CT molecular complexity index is 528. The van der Waals surface area contributed by atoms with Crippen molar-refractivity contribution in [2.24, 2.45) is 5.10 Å². The fourth-order valence-corrected chi connectivity index (χ4v) is 1.71. The minimum absolute atomic E-state index is 0.0948. The molecular formula is C13H14FN3O3. The number of benzene rings is 1. The molecule has 0 aliphatic carbocycles. The predicted molar refractivity (Wildman–Crippen MR) is 71.3 cm³/mol. The molecule has 2 N–H and O–H groups in total. The number of anilines is 1. The number of nitrogens with one attached hydrogen (secondary N) is 2. The van der Waals surface area contributed by atoms with E-state index in [4.69, 9.17) is 0 Å². The monoisotopic (exact) mass is 279 g/mol. The van der Waals surface area contributed by atoms with Crippen molar-refractivity contribution in [2.45, 2.75) is 12.8 Å². The average Bonchev–Trinajstić information content (AvgIpc) is 2.47. The van der Waals surface area contributed by atoms with Gasteiger partial charge >= 0.3 is 6.09 Å². The zero-order chi connectivity index (χ0) is 14.4. The van der Waals surface area contributed by atoms with Crippen LogP contribution in [0.2, 0.25) is 0 Å². The summed E-state index contributed by atoms with van der Waals surface area (Å²) < 4.78 is 16.4. The van der Waals surface area contributed by atoms with E-state index < -0.39 is 12.8 Å². The van der Waals surface area contributed by atoms with E-state index in [1.807, 2.05) is 0 Å². The maximum Gasteiger partial charge on any atom is 0.411 e. The van der Waals surface area contributed by atoms with Crippen LogP contribution in [0.4, 0.5) is 14.9 Å². The van der Waals surface area contributed by atoms with Crippen LogP contribution in [0.5, 0.6) is 0 Å². The second-order valence-electron chi connectivity index (χ2n) is 4.12. The maximum absolute atomic E-state index is 11.8. The lowest BCUT2D eigenvalue weighted by Crippen LogP contribution is -2.25. The number of halogens is 1. The van der Waals surface area contributed by atoms with Gasteiger partial charge in [-0.3, -0.25) is 10.1 Å². The molecule has 7 heteroatoms. The minimum Gasteiger partial charge on any atom is -0.447 e. The van der Waals surface area contributed by atoms with Crippen molar-refractivity contribution < 1.29 is 18.7 Å². The second kappa shape index (κ2) is 6.65. The van der Waals surface area contributed by atoms with E-state index in [-0.39, 0.29) is 12.5 Å². The largest absolute Gasteiger partial charge is 0.447 e. The summed E-state index contributed by atoms with van der Waals surface area (Å²) >= 11 is 0. The smallest absolute Gasteiger partial charge is 0.411 e. The van der Waals surface area contributed by atoms with Crippen LogP contribution in [0.25, 0.3) is 0 Å². The summed E-state index contributed by atoms with van der Waals surface area (Å²) in [4.78, 5) is 22.2. The van der Waals surface area contributed by atoms with Crippen LogP contribution in [-0.2, 0) is 9.53 Å². The zero-order valence-electron chi connectivity index (χ0n) is 10.7. The summed E-state index contributed by atoms with van der Waals surface area (Å²) in [6.07, 6.45) is 0.295. The Balaban J connectivity index is 1.96. The maximum atomic E-state index is 11.8. The molecule has 2 amide bonds. The van der Waals surface area contributed by atoms with Crippen molar-refractivity contribution in [1.29, 1.82) is 0 Å². The van der Waals surface area contributed by atoms with Gasteiger partial charge in [0.25, 0.3) is 0 Å². The molecule has 1 aromatic carbocycles. The van der Waals surface area contributed by atoms with Crippen LogP contribution in [0.15, 0.2) is 29.4 Å². The summed E-state index contributed by atoms with van der Waals surface area (Å²) in [5, 5.41) is 6.45. The number of carbonyl (C=O) groups is 2. The van der Waals surface area contributed by atoms with Crippen molar-refractivity contribution in [2.75, 3.05) is 18.6 Å². The number of amides is 2. The Kier molecular flexibility index (Phi) is 4.65. The van der Waals surface area contributed by atoms with Crippen LogP contribution in [0, 0.1) is 0 Å². The van der Waals surface area contributed by atoms with Gasteiger partial charge in [-0.2, -0.15) is 5.10 Å². The Hall–Kier alpha value is -2.44. The molecule has 2 rings (SSSR count). The Labute approximate surface area is 115 Å². The standard InChI is InChI=1S/C13H14FN3O3/c14-7-8-20-13(19)15-10-3-1-9(2-4-10)11-5-6-12(18)17-16-11/h1-4H,5-8H2,(H,15,19)(H,17,18). The first-order valence-electron chi connectivity index (χ1n) is 6.14. The summed E-state index contributed by atoms with van der Waals surface area (Å²) in [5.41, 5.74) is 4.62. The molecule has 0 saturated carbocycles. The number of hydrazone groups is 1. The first kappa shape index (κ1) is 14.0. The molecule has 1 aliphatic rings. The molecule has 1 heterocycles. The third kappa shape index (κ3) is 3.78. The molecule has 0 fully saturated rings. The van der Waals surface area contributed by atoms with E-state index in [0.717, 1.165) is 11.3 Å². The third-order valence-electron chi connectivity index (χ3n) is 2.68. The highest BCUT2D eigenvalue weighted by Gasteiger charge is 2.13. The van der Waals surface area contributed by atoms with E-state index >= 15 is 0 Å². The van der Waals surface area contributed by atoms with Gasteiger partial charge in [-0.15, -0.1) is 0 Å². The highest BCUT2D eigenvalue weighted by molar-refractivity contribution is 6.04. The SMILES string of the molecule is O=C1CCC(c2ccc(NC(=O)OCCF)cc2)=NN1. The van der Waals surface area contributed by atoms with Crippen molar-refractivity contribution in [1.82, 2.24) is 5.43 Å². The number of ether oxygens (including phenoxy) is 1. The molecule has 1 aromatic rings. The minimum atomic E-state index is -0.710. The Morgan fingerprint density at radius 1 is 1.35 bits per heavy atom. The number of carbonyl (C=O) groups excluding carboxylic acids is 2. The van der Waals surface area contributed by atoms with Gasteiger partial charge in [0, 0.05) is 18.5 Å². The third-order valence-corrected chi connectivity index (χ3v) is 2.68. The molecule has 0 bridgehead atoms. The van der Waals surface area contributed by atoms with Gasteiger partial charge in [0.15, 0.2) is 0 Å². The van der Waals surface area contributed by atoms with Gasteiger partial charge in [-0.25, -0.2) is 14.6 Å². The molecule has 0 saturated heterocycles. The molecule has 0 spiro atoms. The van der Waals surface area contributed by atoms with Gasteiger partial charge in [0.05, 0.1) is 5.71 Å². The van der Waals surface area contributed by atoms with E-state index in [9.17, 15) is 14.0 Å². The second-order valence-corrected chi connectivity index (χ2v) is 4.12. The fourth-order valence-electron chi connectivity index (χ4n) is 1.71. The van der Waals surface area contributed by atoms with Crippen molar-refractivity contribution >= 4 is 23.4 Å². The van der Waals surface area contributed by atoms with Gasteiger partial charge in [-0.05, 0) is 17.7 Å². The van der Waals surface area contributed by atoms with E-state index in [2.05, 4.69) is 20.6 Å². The van der Waals surface area contributed by atoms with E-state index in [0.29, 0.717) is 18.5 Å². The quantitative estimate of drug-likeness (QED) is 0.882. The molecule has 0 aromatic heterocycles. The molecule has 6 nitrogen and oxygen atoms in total. The number of hydrogen-bond acceptors (Lipinski definition) is 4. The molecule has 20 heavy (non-hydrogen) atoms. The zero-order valence-corrected chi connectivity index (χ0v) is 10.7. The van der Waals surface area contributed by atoms with Gasteiger partial charge in [0.1, 0.15) is 13.3 Å². The number of alkyl halides is 1. The van der Waals surface area contributed by atoms with E-state index in [1.165, 1.54) is 0 Å². The molecular weight excluding hydrogens is 265 g/mol. The van der Waals surface area contributed by atoms with E-state index in [1.54, 1.807) is 24.3 Å². The first-order chi connectivity index (χ1) is 9.69. The molecule has 106 valence electrons. The highest BCUT2D eigenvalue weighted by atomic mass is 19.1. The number of hydrogen-bond donors (Lipinski definition) is 2. The van der Waals surface area contributed by atoms with Crippen molar-refractivity contribution in [3.8, 4) is 0 Å². The Morgan fingerprint density at radius 2 is 2.10 bits per heavy atom. The van der Waals surface area contributed by atoms with Crippen molar-refractivity contribution in [3.63, 3.8) is 0 Å². The normalized spacial score (nSPS) is 14.2. The topological polar surface area (TPSA) is 79.8 Å². The predicted octanol–water partition coefficient (Wildman–Crippen LogP) is 1.82. The Morgan fingerprint density at radius 3 is 2.70 bits per heavy atom.